The zero-order valence-electron chi connectivity index (χ0n) is 16.2. The summed E-state index contributed by atoms with van der Waals surface area (Å²) in [5, 5.41) is 0. The maximum absolute atomic E-state index is 12.6. The molecule has 0 saturated carbocycles. The van der Waals surface area contributed by atoms with E-state index in [0.29, 0.717) is 0 Å². The molecule has 5 nitrogen and oxygen atoms in total. The Morgan fingerprint density at radius 2 is 0.962 bits per heavy atom. The van der Waals surface area contributed by atoms with E-state index in [1.165, 1.54) is 0 Å². The third kappa shape index (κ3) is 5.10. The van der Waals surface area contributed by atoms with Crippen molar-refractivity contribution in [3.63, 3.8) is 0 Å². The van der Waals surface area contributed by atoms with Gasteiger partial charge in [0.2, 0.25) is 0 Å². The van der Waals surface area contributed by atoms with Crippen LogP contribution in [0.15, 0.2) is 48.5 Å². The van der Waals surface area contributed by atoms with E-state index in [-0.39, 0.29) is 0 Å². The monoisotopic (exact) mass is 378 g/mol. The smallest absolute Gasteiger partial charge is 0.320 e. The van der Waals surface area contributed by atoms with Crippen LogP contribution < -0.4 is 9.47 Å². The molecule has 0 atom stereocenters. The summed E-state index contributed by atoms with van der Waals surface area (Å²) in [6.07, 6.45) is 0. The summed E-state index contributed by atoms with van der Waals surface area (Å²) < 4.78 is 34.4. The van der Waals surface area contributed by atoms with E-state index >= 15 is 0 Å². The molecule has 0 spiro atoms. The van der Waals surface area contributed by atoms with Crippen LogP contribution in [0.4, 0.5) is 0 Å². The van der Waals surface area contributed by atoms with Gasteiger partial charge in [0.15, 0.2) is 0 Å². The third-order valence-electron chi connectivity index (χ3n) is 4.25. The van der Waals surface area contributed by atoms with Crippen LogP contribution in [0.2, 0.25) is 0 Å². The van der Waals surface area contributed by atoms with Crippen molar-refractivity contribution in [2.75, 3.05) is 14.2 Å². The van der Waals surface area contributed by atoms with Gasteiger partial charge in [-0.3, -0.25) is 13.6 Å². The highest BCUT2D eigenvalue weighted by Gasteiger charge is 2.29. The summed E-state index contributed by atoms with van der Waals surface area (Å²) in [5.41, 5.74) is 0.279. The summed E-state index contributed by atoms with van der Waals surface area (Å²) in [6.45, 7) is 7.45. The lowest BCUT2D eigenvalue weighted by molar-refractivity contribution is 0.0422. The number of methoxy groups -OCH3 is 2. The quantitative estimate of drug-likeness (QED) is 0.584. The van der Waals surface area contributed by atoms with E-state index in [9.17, 15) is 4.57 Å². The third-order valence-corrected chi connectivity index (χ3v) is 5.60. The summed E-state index contributed by atoms with van der Waals surface area (Å²) in [6, 6.07) is 15.0. The highest BCUT2D eigenvalue weighted by molar-refractivity contribution is 7.33. The molecule has 0 aliphatic heterocycles. The molecule has 0 bridgehead atoms. The van der Waals surface area contributed by atoms with Crippen LogP contribution in [0.1, 0.15) is 38.8 Å². The zero-order chi connectivity index (χ0) is 19.4. The zero-order valence-corrected chi connectivity index (χ0v) is 17.2. The molecule has 0 fully saturated rings. The Kier molecular flexibility index (Phi) is 6.51. The summed E-state index contributed by atoms with van der Waals surface area (Å²) in [7, 11) is 0.490. The van der Waals surface area contributed by atoms with Gasteiger partial charge in [-0.15, -0.1) is 0 Å². The van der Waals surface area contributed by atoms with E-state index in [2.05, 4.69) is 0 Å². The molecule has 6 heteroatoms. The average molecular weight is 378 g/mol. The van der Waals surface area contributed by atoms with Crippen molar-refractivity contribution in [1.29, 1.82) is 0 Å². The van der Waals surface area contributed by atoms with Gasteiger partial charge in [0.25, 0.3) is 0 Å². The summed E-state index contributed by atoms with van der Waals surface area (Å²) in [5.74, 6) is 1.52. The first-order valence-corrected chi connectivity index (χ1v) is 9.61. The fraction of sp³-hybridized carbons (Fsp3) is 0.400. The van der Waals surface area contributed by atoms with Crippen LogP contribution >= 0.6 is 8.25 Å². The van der Waals surface area contributed by atoms with Gasteiger partial charge in [-0.05, 0) is 63.1 Å². The van der Waals surface area contributed by atoms with Crippen molar-refractivity contribution in [2.24, 2.45) is 0 Å². The minimum atomic E-state index is -2.74. The molecular formula is C20H27O5P. The van der Waals surface area contributed by atoms with Gasteiger partial charge < -0.3 is 9.47 Å². The maximum atomic E-state index is 12.6. The standard InChI is InChI=1S/C20H27O5P/c1-19(2,15-7-11-17(22-5)12-8-15)24-26(21)25-20(3,4)16-9-13-18(23-6)14-10-16/h7-14,26H,1-6H3. The normalized spacial score (nSPS) is 12.3. The Labute approximate surface area is 156 Å². The van der Waals surface area contributed by atoms with Crippen LogP contribution in [-0.4, -0.2) is 14.2 Å². The maximum Gasteiger partial charge on any atom is 0.320 e. The van der Waals surface area contributed by atoms with Gasteiger partial charge in [0, 0.05) is 0 Å². The second-order valence-corrected chi connectivity index (χ2v) is 7.84. The Morgan fingerprint density at radius 1 is 0.654 bits per heavy atom. The summed E-state index contributed by atoms with van der Waals surface area (Å²) >= 11 is 0. The molecule has 2 aromatic carbocycles. The molecule has 0 N–H and O–H groups in total. The summed E-state index contributed by atoms with van der Waals surface area (Å²) in [4.78, 5) is 0. The lowest BCUT2D eigenvalue weighted by Gasteiger charge is -2.30. The minimum absolute atomic E-state index is 0.752. The van der Waals surface area contributed by atoms with Crippen LogP contribution in [-0.2, 0) is 24.8 Å². The van der Waals surface area contributed by atoms with Gasteiger partial charge in [0.1, 0.15) is 11.5 Å². The van der Waals surface area contributed by atoms with Crippen molar-refractivity contribution >= 4 is 8.25 Å². The molecule has 0 amide bonds. The van der Waals surface area contributed by atoms with Crippen molar-refractivity contribution in [3.05, 3.63) is 59.7 Å². The number of rotatable bonds is 8. The number of hydrogen-bond acceptors (Lipinski definition) is 5. The van der Waals surface area contributed by atoms with Crippen molar-refractivity contribution in [1.82, 2.24) is 0 Å². The van der Waals surface area contributed by atoms with E-state index in [1.54, 1.807) is 14.2 Å². The largest absolute Gasteiger partial charge is 0.497 e. The molecule has 0 aliphatic carbocycles. The van der Waals surface area contributed by atoms with Crippen LogP contribution in [0.5, 0.6) is 11.5 Å². The van der Waals surface area contributed by atoms with Gasteiger partial charge in [-0.1, -0.05) is 24.3 Å². The fourth-order valence-electron chi connectivity index (χ4n) is 2.54. The Balaban J connectivity index is 2.07. The predicted octanol–water partition coefficient (Wildman–Crippen LogP) is 5.30. The predicted molar refractivity (Wildman–Crippen MR) is 103 cm³/mol. The first-order valence-electron chi connectivity index (χ1n) is 8.39. The molecule has 2 aromatic rings. The topological polar surface area (TPSA) is 54.0 Å². The number of benzene rings is 2. The lowest BCUT2D eigenvalue weighted by Crippen LogP contribution is -2.22. The SMILES string of the molecule is COc1ccc(C(C)(C)O[PH](=O)OC(C)(C)c2ccc(OC)cc2)cc1. The molecule has 0 radical (unpaired) electrons. The Morgan fingerprint density at radius 3 is 1.23 bits per heavy atom. The van der Waals surface area contributed by atoms with Gasteiger partial charge >= 0.3 is 8.25 Å². The van der Waals surface area contributed by atoms with E-state index in [1.807, 2.05) is 76.2 Å². The number of hydrogen-bond donors (Lipinski definition) is 0. The molecule has 0 aromatic heterocycles. The first-order chi connectivity index (χ1) is 12.2. The second kappa shape index (κ2) is 8.26. The number of ether oxygens (including phenoxy) is 2. The Bertz CT molecular complexity index is 672. The highest BCUT2D eigenvalue weighted by atomic mass is 31.1. The van der Waals surface area contributed by atoms with Crippen LogP contribution in [0, 0.1) is 0 Å². The lowest BCUT2D eigenvalue weighted by atomic mass is 9.99. The fourth-order valence-corrected chi connectivity index (χ4v) is 3.65. The minimum Gasteiger partial charge on any atom is -0.497 e. The van der Waals surface area contributed by atoms with Crippen LogP contribution in [0.3, 0.4) is 0 Å². The molecule has 0 aliphatic rings. The molecule has 0 unspecified atom stereocenters. The molecule has 26 heavy (non-hydrogen) atoms. The van der Waals surface area contributed by atoms with E-state index in [4.69, 9.17) is 18.5 Å². The molecule has 0 saturated heterocycles. The van der Waals surface area contributed by atoms with Gasteiger partial charge in [0.05, 0.1) is 25.4 Å². The Hall–Kier alpha value is -1.81. The molecule has 142 valence electrons. The van der Waals surface area contributed by atoms with Crippen LogP contribution in [0.25, 0.3) is 0 Å². The van der Waals surface area contributed by atoms with Crippen molar-refractivity contribution in [2.45, 2.75) is 38.9 Å². The van der Waals surface area contributed by atoms with Crippen molar-refractivity contribution in [3.8, 4) is 11.5 Å². The highest BCUT2D eigenvalue weighted by Crippen LogP contribution is 2.43. The molecular weight excluding hydrogens is 351 g/mol. The average Bonchev–Trinajstić information content (AvgIpc) is 2.60. The molecule has 0 heterocycles. The van der Waals surface area contributed by atoms with E-state index in [0.717, 1.165) is 22.6 Å². The van der Waals surface area contributed by atoms with Gasteiger partial charge in [-0.25, -0.2) is 0 Å². The second-order valence-electron chi connectivity index (χ2n) is 6.93. The van der Waals surface area contributed by atoms with Crippen molar-refractivity contribution < 1.29 is 23.1 Å². The first kappa shape index (κ1) is 20.5. The van der Waals surface area contributed by atoms with E-state index < -0.39 is 19.5 Å². The molecule has 2 rings (SSSR count). The van der Waals surface area contributed by atoms with Gasteiger partial charge in [-0.2, -0.15) is 0 Å².